The monoisotopic (exact) mass is 593 g/mol. The number of benzene rings is 1. The Morgan fingerprint density at radius 1 is 1.19 bits per heavy atom. The molecule has 12 heteroatoms. The third kappa shape index (κ3) is 5.19. The van der Waals surface area contributed by atoms with Crippen LogP contribution in [0.15, 0.2) is 23.2 Å². The SMILES string of the molecule is CC(C)N(C[C@H]1O[C@@H](N2CNC3C(N)N=CN(C)C32)[C@H](O)[C@@H]1O)C1CC(CCC2Nc3ccc(C4(C#N)CC4)cc3N2)C1. The fourth-order valence-corrected chi connectivity index (χ4v) is 7.97. The summed E-state index contributed by atoms with van der Waals surface area (Å²) in [6, 6.07) is 9.56. The van der Waals surface area contributed by atoms with Gasteiger partial charge in [0.1, 0.15) is 36.9 Å². The van der Waals surface area contributed by atoms with Crippen molar-refractivity contribution in [2.24, 2.45) is 16.6 Å². The lowest BCUT2D eigenvalue weighted by molar-refractivity contribution is -0.119. The Balaban J connectivity index is 0.903. The van der Waals surface area contributed by atoms with Crippen molar-refractivity contribution in [2.45, 2.75) is 119 Å². The van der Waals surface area contributed by atoms with Gasteiger partial charge in [0.2, 0.25) is 0 Å². The highest BCUT2D eigenvalue weighted by molar-refractivity contribution is 5.76. The molecule has 4 unspecified atom stereocenters. The normalized spacial score (nSPS) is 39.3. The summed E-state index contributed by atoms with van der Waals surface area (Å²) in [5.74, 6) is 0.663. The van der Waals surface area contributed by atoms with E-state index >= 15 is 0 Å². The zero-order valence-electron chi connectivity index (χ0n) is 25.4. The Kier molecular flexibility index (Phi) is 7.57. The van der Waals surface area contributed by atoms with Crippen LogP contribution in [0.2, 0.25) is 0 Å². The number of fused-ring (bicyclic) bond motifs is 2. The second-order valence-electron chi connectivity index (χ2n) is 13.9. The summed E-state index contributed by atoms with van der Waals surface area (Å²) < 4.78 is 6.41. The Labute approximate surface area is 254 Å². The first-order chi connectivity index (χ1) is 20.7. The van der Waals surface area contributed by atoms with Gasteiger partial charge in [-0.15, -0.1) is 0 Å². The molecule has 0 amide bonds. The largest absolute Gasteiger partial charge is 0.387 e. The quantitative estimate of drug-likeness (QED) is 0.242. The van der Waals surface area contributed by atoms with Crippen LogP contribution in [0.3, 0.4) is 0 Å². The lowest BCUT2D eigenvalue weighted by atomic mass is 9.76. The van der Waals surface area contributed by atoms with Crippen LogP contribution in [-0.4, -0.2) is 113 Å². The molecule has 2 saturated heterocycles. The molecule has 8 atom stereocenters. The summed E-state index contributed by atoms with van der Waals surface area (Å²) >= 11 is 0. The highest BCUT2D eigenvalue weighted by Crippen LogP contribution is 2.49. The first-order valence-corrected chi connectivity index (χ1v) is 16.0. The predicted molar refractivity (Wildman–Crippen MR) is 164 cm³/mol. The molecule has 1 aromatic carbocycles. The molecular weight excluding hydrogens is 546 g/mol. The second kappa shape index (κ2) is 11.1. The van der Waals surface area contributed by atoms with Crippen molar-refractivity contribution in [3.8, 4) is 6.07 Å². The maximum Gasteiger partial charge on any atom is 0.142 e. The van der Waals surface area contributed by atoms with Crippen LogP contribution in [0.5, 0.6) is 0 Å². The summed E-state index contributed by atoms with van der Waals surface area (Å²) in [7, 11) is 1.95. The molecule has 0 bridgehead atoms. The van der Waals surface area contributed by atoms with Crippen LogP contribution < -0.4 is 21.7 Å². The number of aliphatic hydroxyl groups excluding tert-OH is 2. The van der Waals surface area contributed by atoms with Crippen molar-refractivity contribution in [1.29, 1.82) is 5.26 Å². The minimum Gasteiger partial charge on any atom is -0.387 e. The van der Waals surface area contributed by atoms with E-state index in [1.165, 1.54) is 0 Å². The number of hydrogen-bond donors (Lipinski definition) is 6. The first kappa shape index (κ1) is 29.2. The van der Waals surface area contributed by atoms with Gasteiger partial charge in [0.15, 0.2) is 0 Å². The van der Waals surface area contributed by atoms with Gasteiger partial charge in [0.25, 0.3) is 0 Å². The van der Waals surface area contributed by atoms with Crippen LogP contribution in [0.1, 0.15) is 57.9 Å². The van der Waals surface area contributed by atoms with Gasteiger partial charge in [-0.1, -0.05) is 6.07 Å². The number of nitriles is 1. The van der Waals surface area contributed by atoms with Gasteiger partial charge in [-0.05, 0) is 76.0 Å². The topological polar surface area (TPSA) is 158 Å². The fraction of sp³-hybridized carbons (Fsp3) is 0.742. The Morgan fingerprint density at radius 2 is 1.95 bits per heavy atom. The van der Waals surface area contributed by atoms with Gasteiger partial charge in [0, 0.05) is 25.7 Å². The molecule has 43 heavy (non-hydrogen) atoms. The van der Waals surface area contributed by atoms with Crippen LogP contribution in [0.25, 0.3) is 0 Å². The van der Waals surface area contributed by atoms with Crippen molar-refractivity contribution in [2.75, 3.05) is 30.9 Å². The number of likely N-dealkylation sites (N-methyl/N-ethyl adjacent to an activating group) is 1. The Hall–Kier alpha value is -2.50. The van der Waals surface area contributed by atoms with Crippen LogP contribution in [0.4, 0.5) is 11.4 Å². The third-order valence-electron chi connectivity index (χ3n) is 10.8. The molecule has 2 saturated carbocycles. The summed E-state index contributed by atoms with van der Waals surface area (Å²) in [6.07, 6.45) is 4.81. The molecular formula is C31H47N9O3. The smallest absolute Gasteiger partial charge is 0.142 e. The summed E-state index contributed by atoms with van der Waals surface area (Å²) in [4.78, 5) is 10.8. The highest BCUT2D eigenvalue weighted by atomic mass is 16.6. The maximum absolute atomic E-state index is 11.1. The molecule has 7 rings (SSSR count). The average molecular weight is 594 g/mol. The van der Waals surface area contributed by atoms with E-state index in [0.29, 0.717) is 31.2 Å². The first-order valence-electron chi connectivity index (χ1n) is 16.0. The number of nitrogens with zero attached hydrogens (tertiary/aromatic N) is 5. The second-order valence-corrected chi connectivity index (χ2v) is 13.9. The van der Waals surface area contributed by atoms with Gasteiger partial charge >= 0.3 is 0 Å². The van der Waals surface area contributed by atoms with Crippen molar-refractivity contribution in [3.63, 3.8) is 0 Å². The van der Waals surface area contributed by atoms with Crippen LogP contribution in [0, 0.1) is 17.2 Å². The number of aliphatic imine (C=N–C) groups is 1. The van der Waals surface area contributed by atoms with Gasteiger partial charge < -0.3 is 36.2 Å². The standard InChI is InChI=1S/C31H47N9O3/c1-17(2)39(13-23-26(41)27(42)30(43-23)40-16-34-25-28(33)35-15-38(3)29(25)40)20-10-18(11-20)4-7-24-36-21-6-5-19(12-22(21)37-24)31(14-32)8-9-31/h5-6,12,15,17-18,20,23-30,34,36-37,41-42H,4,7-11,13,16,33H2,1-3H3/t18?,20?,23-,24?,25?,26-,27-,28?,29?,30-/m1/s1. The molecule has 0 aromatic heterocycles. The lowest BCUT2D eigenvalue weighted by Gasteiger charge is -2.46. The number of aliphatic hydroxyl groups is 2. The minimum absolute atomic E-state index is 0.0688. The average Bonchev–Trinajstić information content (AvgIpc) is 3.32. The van der Waals surface area contributed by atoms with Crippen LogP contribution >= 0.6 is 0 Å². The number of anilines is 2. The van der Waals surface area contributed by atoms with Crippen molar-refractivity contribution < 1.29 is 14.9 Å². The fourth-order valence-electron chi connectivity index (χ4n) is 7.97. The van der Waals surface area contributed by atoms with E-state index in [0.717, 1.165) is 55.5 Å². The van der Waals surface area contributed by atoms with E-state index in [4.69, 9.17) is 10.5 Å². The number of nitrogens with one attached hydrogen (secondary N) is 3. The third-order valence-corrected chi connectivity index (χ3v) is 10.8. The molecule has 7 N–H and O–H groups in total. The molecule has 0 spiro atoms. The van der Waals surface area contributed by atoms with E-state index in [2.05, 4.69) is 68.9 Å². The molecule has 4 fully saturated rings. The van der Waals surface area contributed by atoms with Crippen LogP contribution in [-0.2, 0) is 10.2 Å². The molecule has 1 aromatic rings. The summed E-state index contributed by atoms with van der Waals surface area (Å²) in [5.41, 5.74) is 9.32. The number of nitrogens with two attached hydrogens (primary N) is 1. The van der Waals surface area contributed by atoms with E-state index < -0.39 is 24.5 Å². The summed E-state index contributed by atoms with van der Waals surface area (Å²) in [5, 5.41) is 42.4. The van der Waals surface area contributed by atoms with E-state index in [1.807, 2.05) is 11.9 Å². The number of rotatable bonds is 9. The zero-order valence-corrected chi connectivity index (χ0v) is 25.4. The summed E-state index contributed by atoms with van der Waals surface area (Å²) in [6.45, 7) is 5.49. The number of hydrogen-bond acceptors (Lipinski definition) is 12. The van der Waals surface area contributed by atoms with Gasteiger partial charge in [0.05, 0.1) is 48.1 Å². The zero-order chi connectivity index (χ0) is 30.0. The molecule has 6 aliphatic rings. The molecule has 12 nitrogen and oxygen atoms in total. The number of ether oxygens (including phenoxy) is 1. The van der Waals surface area contributed by atoms with Gasteiger partial charge in [-0.2, -0.15) is 5.26 Å². The molecule has 234 valence electrons. The van der Waals surface area contributed by atoms with E-state index in [-0.39, 0.29) is 30.0 Å². The van der Waals surface area contributed by atoms with Crippen molar-refractivity contribution in [3.05, 3.63) is 23.8 Å². The maximum atomic E-state index is 11.1. The molecule has 2 aliphatic carbocycles. The Bertz CT molecular complexity index is 1260. The predicted octanol–water partition coefficient (Wildman–Crippen LogP) is 0.937. The van der Waals surface area contributed by atoms with Crippen molar-refractivity contribution >= 4 is 17.7 Å². The Morgan fingerprint density at radius 3 is 2.67 bits per heavy atom. The molecule has 0 radical (unpaired) electrons. The van der Waals surface area contributed by atoms with Gasteiger partial charge in [-0.3, -0.25) is 15.2 Å². The van der Waals surface area contributed by atoms with Crippen molar-refractivity contribution in [1.82, 2.24) is 20.0 Å². The van der Waals surface area contributed by atoms with E-state index in [1.54, 1.807) is 6.34 Å². The lowest BCUT2D eigenvalue weighted by Crippen LogP contribution is -2.60. The molecule has 4 aliphatic heterocycles. The highest BCUT2D eigenvalue weighted by Gasteiger charge is 2.53. The van der Waals surface area contributed by atoms with E-state index in [9.17, 15) is 15.5 Å². The minimum atomic E-state index is -1.00. The van der Waals surface area contributed by atoms with Gasteiger partial charge in [-0.25, -0.2) is 4.90 Å². The molecule has 4 heterocycles.